The Morgan fingerprint density at radius 2 is 2.17 bits per heavy atom. The zero-order valence-electron chi connectivity index (χ0n) is 6.67. The van der Waals surface area contributed by atoms with Crippen molar-refractivity contribution in [2.75, 3.05) is 0 Å². The highest BCUT2D eigenvalue weighted by atomic mass is 19.3. The summed E-state index contributed by atoms with van der Waals surface area (Å²) in [5.74, 6) is 0. The molecule has 0 saturated carbocycles. The molecule has 0 aromatic carbocycles. The first kappa shape index (κ1) is 9.06. The molecule has 0 fully saturated rings. The molecule has 0 saturated heterocycles. The van der Waals surface area contributed by atoms with Crippen molar-refractivity contribution in [2.45, 2.75) is 19.4 Å². The van der Waals surface area contributed by atoms with E-state index in [1.165, 1.54) is 12.3 Å². The van der Waals surface area contributed by atoms with E-state index in [0.29, 0.717) is 11.3 Å². The fourth-order valence-electron chi connectivity index (χ4n) is 0.920. The number of alkyl halides is 2. The minimum Gasteiger partial charge on any atom is -0.319 e. The third-order valence-electron chi connectivity index (χ3n) is 1.58. The normalized spacial score (nSPS) is 13.4. The van der Waals surface area contributed by atoms with Crippen LogP contribution in [-0.2, 0) is 0 Å². The van der Waals surface area contributed by atoms with Gasteiger partial charge in [-0.1, -0.05) is 0 Å². The summed E-state index contributed by atoms with van der Waals surface area (Å²) in [7, 11) is 0. The third-order valence-corrected chi connectivity index (χ3v) is 1.58. The van der Waals surface area contributed by atoms with Crippen LogP contribution >= 0.6 is 0 Å². The molecule has 0 aliphatic rings. The van der Waals surface area contributed by atoms with Crippen LogP contribution in [0, 0.1) is 6.92 Å². The summed E-state index contributed by atoms with van der Waals surface area (Å²) in [5, 5.41) is 0. The van der Waals surface area contributed by atoms with Crippen molar-refractivity contribution in [3.05, 3.63) is 29.6 Å². The van der Waals surface area contributed by atoms with Crippen LogP contribution < -0.4 is 5.73 Å². The molecule has 1 unspecified atom stereocenters. The van der Waals surface area contributed by atoms with E-state index < -0.39 is 12.5 Å². The molecule has 0 aliphatic carbocycles. The SMILES string of the molecule is Cc1cc(C(N)C(F)F)ccn1. The van der Waals surface area contributed by atoms with Gasteiger partial charge in [0.2, 0.25) is 0 Å². The lowest BCUT2D eigenvalue weighted by atomic mass is 10.1. The van der Waals surface area contributed by atoms with Crippen molar-refractivity contribution in [2.24, 2.45) is 5.73 Å². The van der Waals surface area contributed by atoms with Crippen molar-refractivity contribution in [1.29, 1.82) is 0 Å². The molecule has 1 atom stereocenters. The van der Waals surface area contributed by atoms with Crippen molar-refractivity contribution < 1.29 is 8.78 Å². The number of rotatable bonds is 2. The Kier molecular flexibility index (Phi) is 2.70. The van der Waals surface area contributed by atoms with Crippen LogP contribution in [0.1, 0.15) is 17.3 Å². The minimum atomic E-state index is -2.52. The second-order valence-corrected chi connectivity index (χ2v) is 2.59. The van der Waals surface area contributed by atoms with E-state index in [4.69, 9.17) is 5.73 Å². The van der Waals surface area contributed by atoms with E-state index in [2.05, 4.69) is 4.98 Å². The Morgan fingerprint density at radius 1 is 1.50 bits per heavy atom. The van der Waals surface area contributed by atoms with Crippen LogP contribution in [0.2, 0.25) is 0 Å². The van der Waals surface area contributed by atoms with Crippen LogP contribution in [0.25, 0.3) is 0 Å². The maximum atomic E-state index is 12.1. The second-order valence-electron chi connectivity index (χ2n) is 2.59. The van der Waals surface area contributed by atoms with Crippen LogP contribution in [0.5, 0.6) is 0 Å². The standard InChI is InChI=1S/C8H10F2N2/c1-5-4-6(2-3-12-5)7(11)8(9)10/h2-4,7-8H,11H2,1H3. The molecular weight excluding hydrogens is 162 g/mol. The average Bonchev–Trinajstić information content (AvgIpc) is 2.03. The number of halogens is 2. The van der Waals surface area contributed by atoms with Gasteiger partial charge >= 0.3 is 0 Å². The molecule has 1 aromatic rings. The van der Waals surface area contributed by atoms with Crippen LogP contribution in [0.15, 0.2) is 18.3 Å². The molecule has 2 N–H and O–H groups in total. The van der Waals surface area contributed by atoms with Gasteiger partial charge in [0.1, 0.15) is 0 Å². The fourth-order valence-corrected chi connectivity index (χ4v) is 0.920. The molecule has 0 spiro atoms. The van der Waals surface area contributed by atoms with Gasteiger partial charge in [-0.05, 0) is 24.6 Å². The Labute approximate surface area is 69.4 Å². The lowest BCUT2D eigenvalue weighted by molar-refractivity contribution is 0.116. The zero-order chi connectivity index (χ0) is 9.14. The maximum Gasteiger partial charge on any atom is 0.257 e. The van der Waals surface area contributed by atoms with E-state index in [9.17, 15) is 8.78 Å². The number of hydrogen-bond donors (Lipinski definition) is 1. The molecule has 1 heterocycles. The van der Waals surface area contributed by atoms with Crippen LogP contribution in [-0.4, -0.2) is 11.4 Å². The molecule has 0 bridgehead atoms. The molecule has 12 heavy (non-hydrogen) atoms. The summed E-state index contributed by atoms with van der Waals surface area (Å²) in [6.07, 6.45) is -1.04. The lowest BCUT2D eigenvalue weighted by Gasteiger charge is -2.10. The Morgan fingerprint density at radius 3 is 2.67 bits per heavy atom. The minimum absolute atomic E-state index is 0.428. The summed E-state index contributed by atoms with van der Waals surface area (Å²) in [6.45, 7) is 1.74. The summed E-state index contributed by atoms with van der Waals surface area (Å²) >= 11 is 0. The predicted octanol–water partition coefficient (Wildman–Crippen LogP) is 1.65. The highest BCUT2D eigenvalue weighted by Gasteiger charge is 2.16. The molecule has 0 radical (unpaired) electrons. The molecule has 1 aromatic heterocycles. The van der Waals surface area contributed by atoms with E-state index in [-0.39, 0.29) is 0 Å². The fraction of sp³-hybridized carbons (Fsp3) is 0.375. The largest absolute Gasteiger partial charge is 0.319 e. The maximum absolute atomic E-state index is 12.1. The monoisotopic (exact) mass is 172 g/mol. The molecule has 1 rings (SSSR count). The van der Waals surface area contributed by atoms with Gasteiger partial charge in [0, 0.05) is 11.9 Å². The molecule has 0 aliphatic heterocycles. The number of aromatic nitrogens is 1. The van der Waals surface area contributed by atoms with Crippen LogP contribution in [0.4, 0.5) is 8.78 Å². The predicted molar refractivity (Wildman–Crippen MR) is 41.9 cm³/mol. The highest BCUT2D eigenvalue weighted by Crippen LogP contribution is 2.17. The van der Waals surface area contributed by atoms with Crippen molar-refractivity contribution in [3.63, 3.8) is 0 Å². The smallest absolute Gasteiger partial charge is 0.257 e. The summed E-state index contributed by atoms with van der Waals surface area (Å²) in [5.41, 5.74) is 6.35. The van der Waals surface area contributed by atoms with Gasteiger partial charge in [0.25, 0.3) is 6.43 Å². The Balaban J connectivity index is 2.88. The lowest BCUT2D eigenvalue weighted by Crippen LogP contribution is -2.18. The van der Waals surface area contributed by atoms with E-state index in [0.717, 1.165) is 0 Å². The first-order valence-electron chi connectivity index (χ1n) is 3.57. The van der Waals surface area contributed by atoms with Gasteiger partial charge in [-0.2, -0.15) is 0 Å². The molecular formula is C8H10F2N2. The average molecular weight is 172 g/mol. The van der Waals surface area contributed by atoms with Gasteiger partial charge in [-0.15, -0.1) is 0 Å². The number of nitrogens with zero attached hydrogens (tertiary/aromatic N) is 1. The number of hydrogen-bond acceptors (Lipinski definition) is 2. The van der Waals surface area contributed by atoms with E-state index >= 15 is 0 Å². The zero-order valence-corrected chi connectivity index (χ0v) is 6.67. The first-order chi connectivity index (χ1) is 5.61. The van der Waals surface area contributed by atoms with Crippen molar-refractivity contribution >= 4 is 0 Å². The Hall–Kier alpha value is -1.03. The third kappa shape index (κ3) is 1.98. The van der Waals surface area contributed by atoms with E-state index in [1.807, 2.05) is 0 Å². The van der Waals surface area contributed by atoms with Gasteiger partial charge in [-0.3, -0.25) is 4.98 Å². The second kappa shape index (κ2) is 3.58. The number of aryl methyl sites for hydroxylation is 1. The van der Waals surface area contributed by atoms with Crippen LogP contribution in [0.3, 0.4) is 0 Å². The highest BCUT2D eigenvalue weighted by molar-refractivity contribution is 5.19. The molecule has 0 amide bonds. The number of nitrogens with two attached hydrogens (primary N) is 1. The van der Waals surface area contributed by atoms with E-state index in [1.54, 1.807) is 13.0 Å². The van der Waals surface area contributed by atoms with Crippen molar-refractivity contribution in [3.8, 4) is 0 Å². The van der Waals surface area contributed by atoms with Crippen molar-refractivity contribution in [1.82, 2.24) is 4.98 Å². The van der Waals surface area contributed by atoms with Gasteiger partial charge < -0.3 is 5.73 Å². The van der Waals surface area contributed by atoms with Gasteiger partial charge in [-0.25, -0.2) is 8.78 Å². The first-order valence-corrected chi connectivity index (χ1v) is 3.57. The van der Waals surface area contributed by atoms with Gasteiger partial charge in [0.15, 0.2) is 0 Å². The quantitative estimate of drug-likeness (QED) is 0.736. The van der Waals surface area contributed by atoms with Gasteiger partial charge in [0.05, 0.1) is 6.04 Å². The molecule has 4 heteroatoms. The summed E-state index contributed by atoms with van der Waals surface area (Å²) in [4.78, 5) is 3.88. The topological polar surface area (TPSA) is 38.9 Å². The molecule has 2 nitrogen and oxygen atoms in total. The summed E-state index contributed by atoms with van der Waals surface area (Å²) in [6, 6.07) is 1.87. The summed E-state index contributed by atoms with van der Waals surface area (Å²) < 4.78 is 24.2. The molecule has 66 valence electrons. The Bertz CT molecular complexity index is 263. The number of pyridine rings is 1.